The molecule has 0 fully saturated rings. The van der Waals surface area contributed by atoms with Gasteiger partial charge in [-0.2, -0.15) is 0 Å². The minimum atomic E-state index is -0.581. The monoisotopic (exact) mass is 412 g/mol. The van der Waals surface area contributed by atoms with Crippen molar-refractivity contribution in [1.82, 2.24) is 0 Å². The Labute approximate surface area is 133 Å². The maximum Gasteiger partial charge on any atom is 0.129 e. The molecule has 0 aromatic heterocycles. The standard InChI is InChI=1S/C14H9Cl2F2I/c15-8-4-5-14(19)9(6-8)11(16)7-10-12(17)2-1-3-13(10)18/h1-6,11H,7H2. The fourth-order valence-corrected chi connectivity index (χ4v) is 3.18. The molecule has 2 aromatic rings. The molecule has 2 aromatic carbocycles. The molecule has 0 saturated heterocycles. The second-order valence-electron chi connectivity index (χ2n) is 4.04. The van der Waals surface area contributed by atoms with Crippen molar-refractivity contribution < 1.29 is 8.78 Å². The Balaban J connectivity index is 2.31. The van der Waals surface area contributed by atoms with Gasteiger partial charge in [-0.05, 0) is 64.9 Å². The summed E-state index contributed by atoms with van der Waals surface area (Å²) in [7, 11) is 0. The topological polar surface area (TPSA) is 0 Å². The van der Waals surface area contributed by atoms with E-state index in [0.717, 1.165) is 9.13 Å². The van der Waals surface area contributed by atoms with E-state index in [1.807, 2.05) is 6.07 Å². The molecule has 0 spiro atoms. The maximum atomic E-state index is 13.6. The van der Waals surface area contributed by atoms with E-state index in [0.29, 0.717) is 5.02 Å². The van der Waals surface area contributed by atoms with Crippen molar-refractivity contribution in [3.05, 3.63) is 67.8 Å². The van der Waals surface area contributed by atoms with Gasteiger partial charge in [-0.3, -0.25) is 0 Å². The van der Waals surface area contributed by atoms with Crippen LogP contribution in [0.3, 0.4) is 0 Å². The van der Waals surface area contributed by atoms with Crippen molar-refractivity contribution >= 4 is 45.8 Å². The fraction of sp³-hybridized carbons (Fsp3) is 0.143. The van der Waals surface area contributed by atoms with Crippen molar-refractivity contribution in [1.29, 1.82) is 0 Å². The zero-order chi connectivity index (χ0) is 14.0. The normalized spacial score (nSPS) is 12.5. The van der Waals surface area contributed by atoms with Crippen molar-refractivity contribution in [3.63, 3.8) is 0 Å². The Hall–Kier alpha value is -0.390. The van der Waals surface area contributed by atoms with Crippen LogP contribution in [0.4, 0.5) is 8.78 Å². The highest BCUT2D eigenvalue weighted by molar-refractivity contribution is 14.1. The average molecular weight is 413 g/mol. The molecule has 19 heavy (non-hydrogen) atoms. The van der Waals surface area contributed by atoms with Crippen molar-refractivity contribution in [2.75, 3.05) is 0 Å². The van der Waals surface area contributed by atoms with Gasteiger partial charge in [0, 0.05) is 14.2 Å². The first-order chi connectivity index (χ1) is 8.99. The number of hydrogen-bond donors (Lipinski definition) is 0. The Morgan fingerprint density at radius 3 is 2.37 bits per heavy atom. The Bertz CT molecular complexity index is 582. The summed E-state index contributed by atoms with van der Waals surface area (Å²) < 4.78 is 28.1. The summed E-state index contributed by atoms with van der Waals surface area (Å²) >= 11 is 14.3. The molecule has 0 aliphatic carbocycles. The van der Waals surface area contributed by atoms with Gasteiger partial charge in [0.2, 0.25) is 0 Å². The molecular formula is C14H9Cl2F2I. The van der Waals surface area contributed by atoms with Gasteiger partial charge in [0.1, 0.15) is 11.6 Å². The van der Waals surface area contributed by atoms with E-state index in [9.17, 15) is 8.78 Å². The second-order valence-corrected chi connectivity index (χ2v) is 6.16. The number of benzene rings is 2. The van der Waals surface area contributed by atoms with Gasteiger partial charge in [0.15, 0.2) is 0 Å². The molecular weight excluding hydrogens is 404 g/mol. The fourth-order valence-electron chi connectivity index (χ4n) is 1.77. The zero-order valence-corrected chi connectivity index (χ0v) is 13.3. The van der Waals surface area contributed by atoms with E-state index in [1.54, 1.807) is 12.1 Å². The summed E-state index contributed by atoms with van der Waals surface area (Å²) in [6.45, 7) is 0. The molecule has 1 unspecified atom stereocenters. The van der Waals surface area contributed by atoms with Gasteiger partial charge < -0.3 is 0 Å². The highest BCUT2D eigenvalue weighted by Crippen LogP contribution is 2.32. The number of rotatable bonds is 3. The van der Waals surface area contributed by atoms with Gasteiger partial charge in [-0.25, -0.2) is 8.78 Å². The minimum absolute atomic E-state index is 0.00160. The first kappa shape index (κ1) is 15.0. The lowest BCUT2D eigenvalue weighted by molar-refractivity contribution is 0.553. The molecule has 5 heteroatoms. The largest absolute Gasteiger partial charge is 0.207 e. The minimum Gasteiger partial charge on any atom is -0.207 e. The third-order valence-electron chi connectivity index (χ3n) is 2.74. The predicted molar refractivity (Wildman–Crippen MR) is 82.8 cm³/mol. The van der Waals surface area contributed by atoms with Gasteiger partial charge in [-0.15, -0.1) is 11.6 Å². The number of alkyl halides is 1. The van der Waals surface area contributed by atoms with Gasteiger partial charge in [0.25, 0.3) is 0 Å². The average Bonchev–Trinajstić information content (AvgIpc) is 2.37. The molecule has 0 amide bonds. The predicted octanol–water partition coefficient (Wildman–Crippen LogP) is 5.75. The Morgan fingerprint density at radius 2 is 1.74 bits per heavy atom. The molecule has 0 aliphatic rings. The molecule has 0 N–H and O–H groups in total. The van der Waals surface area contributed by atoms with Crippen LogP contribution in [0.15, 0.2) is 36.4 Å². The molecule has 0 heterocycles. The Kier molecular flexibility index (Phi) is 5.03. The van der Waals surface area contributed by atoms with Crippen LogP contribution in [0.1, 0.15) is 16.5 Å². The van der Waals surface area contributed by atoms with Crippen LogP contribution >= 0.6 is 45.8 Å². The lowest BCUT2D eigenvalue weighted by Gasteiger charge is -2.13. The molecule has 0 bridgehead atoms. The quantitative estimate of drug-likeness (QED) is 0.445. The van der Waals surface area contributed by atoms with E-state index < -0.39 is 17.0 Å². The van der Waals surface area contributed by atoms with Crippen LogP contribution in [-0.2, 0) is 6.42 Å². The Morgan fingerprint density at radius 1 is 1.11 bits per heavy atom. The first-order valence-corrected chi connectivity index (χ1v) is 7.40. The summed E-state index contributed by atoms with van der Waals surface area (Å²) in [4.78, 5) is 0. The summed E-state index contributed by atoms with van der Waals surface area (Å²) in [5.41, 5.74) is 0.774. The van der Waals surface area contributed by atoms with E-state index in [4.69, 9.17) is 23.2 Å². The molecule has 0 aliphatic heterocycles. The van der Waals surface area contributed by atoms with Crippen LogP contribution in [0, 0.1) is 15.2 Å². The SMILES string of the molecule is Fc1cccc(F)c1CC(Cl)c1cc(Cl)ccc1I. The molecule has 100 valence electrons. The van der Waals surface area contributed by atoms with E-state index in [1.165, 1.54) is 18.2 Å². The van der Waals surface area contributed by atoms with Crippen LogP contribution in [0.25, 0.3) is 0 Å². The smallest absolute Gasteiger partial charge is 0.129 e. The summed E-state index contributed by atoms with van der Waals surface area (Å²) in [6, 6.07) is 9.08. The van der Waals surface area contributed by atoms with Crippen molar-refractivity contribution in [3.8, 4) is 0 Å². The number of halogens is 5. The van der Waals surface area contributed by atoms with Crippen molar-refractivity contribution in [2.45, 2.75) is 11.8 Å². The lowest BCUT2D eigenvalue weighted by Crippen LogP contribution is -2.03. The molecule has 2 rings (SSSR count). The summed E-state index contributed by atoms with van der Waals surface area (Å²) in [6.07, 6.45) is 0.0798. The highest BCUT2D eigenvalue weighted by Gasteiger charge is 2.17. The lowest BCUT2D eigenvalue weighted by atomic mass is 10.0. The van der Waals surface area contributed by atoms with E-state index in [2.05, 4.69) is 22.6 Å². The van der Waals surface area contributed by atoms with Crippen LogP contribution in [0.5, 0.6) is 0 Å². The van der Waals surface area contributed by atoms with Crippen LogP contribution in [0.2, 0.25) is 5.02 Å². The van der Waals surface area contributed by atoms with Crippen LogP contribution in [-0.4, -0.2) is 0 Å². The summed E-state index contributed by atoms with van der Waals surface area (Å²) in [5, 5.41) is 0.0204. The molecule has 0 radical (unpaired) electrons. The third-order valence-corrected chi connectivity index (χ3v) is 4.35. The molecule has 1 atom stereocenters. The van der Waals surface area contributed by atoms with Gasteiger partial charge >= 0.3 is 0 Å². The van der Waals surface area contributed by atoms with E-state index >= 15 is 0 Å². The first-order valence-electron chi connectivity index (χ1n) is 5.51. The highest BCUT2D eigenvalue weighted by atomic mass is 127. The molecule has 0 saturated carbocycles. The van der Waals surface area contributed by atoms with E-state index in [-0.39, 0.29) is 12.0 Å². The zero-order valence-electron chi connectivity index (χ0n) is 9.64. The van der Waals surface area contributed by atoms with Crippen LogP contribution < -0.4 is 0 Å². The maximum absolute atomic E-state index is 13.6. The van der Waals surface area contributed by atoms with Gasteiger partial charge in [-0.1, -0.05) is 17.7 Å². The summed E-state index contributed by atoms with van der Waals surface area (Å²) in [5.74, 6) is -1.16. The van der Waals surface area contributed by atoms with Gasteiger partial charge in [0.05, 0.1) is 5.38 Å². The molecule has 0 nitrogen and oxygen atoms in total. The van der Waals surface area contributed by atoms with Crippen molar-refractivity contribution in [2.24, 2.45) is 0 Å². The second kappa shape index (κ2) is 6.37. The third kappa shape index (κ3) is 3.58. The number of hydrogen-bond acceptors (Lipinski definition) is 0.